The predicted molar refractivity (Wildman–Crippen MR) is 129 cm³/mol. The molecule has 0 saturated heterocycles. The van der Waals surface area contributed by atoms with E-state index in [-0.39, 0.29) is 18.1 Å². The quantitative estimate of drug-likeness (QED) is 0.549. The minimum Gasteiger partial charge on any atom is -0.489 e. The SMILES string of the molecule is CNC(=O)CN[C@H]1CCCC2=C1CCC=C2c1nnc(-c2ccc(OC(C)C)c(N)c2)s1. The summed E-state index contributed by atoms with van der Waals surface area (Å²) in [6.07, 6.45) is 7.58. The van der Waals surface area contributed by atoms with Gasteiger partial charge in [0.25, 0.3) is 0 Å². The second kappa shape index (κ2) is 9.83. The molecule has 2 aliphatic carbocycles. The first-order chi connectivity index (χ1) is 15.5. The average molecular weight is 454 g/mol. The van der Waals surface area contributed by atoms with E-state index in [0.29, 0.717) is 18.0 Å². The average Bonchev–Trinajstić information content (AvgIpc) is 3.28. The highest BCUT2D eigenvalue weighted by Gasteiger charge is 2.28. The summed E-state index contributed by atoms with van der Waals surface area (Å²) < 4.78 is 5.74. The number of hydrogen-bond acceptors (Lipinski definition) is 7. The van der Waals surface area contributed by atoms with Gasteiger partial charge in [-0.2, -0.15) is 0 Å². The summed E-state index contributed by atoms with van der Waals surface area (Å²) in [5.41, 5.74) is 11.7. The van der Waals surface area contributed by atoms with Gasteiger partial charge in [-0.1, -0.05) is 17.4 Å². The molecule has 7 nitrogen and oxygen atoms in total. The molecule has 4 N–H and O–H groups in total. The van der Waals surface area contributed by atoms with E-state index in [1.807, 2.05) is 32.0 Å². The number of ether oxygens (including phenoxy) is 1. The van der Waals surface area contributed by atoms with Crippen molar-refractivity contribution in [2.24, 2.45) is 0 Å². The van der Waals surface area contributed by atoms with Crippen LogP contribution in [0.2, 0.25) is 0 Å². The Hall–Kier alpha value is -2.71. The van der Waals surface area contributed by atoms with E-state index in [0.717, 1.165) is 47.7 Å². The number of carbonyl (C=O) groups is 1. The number of nitrogens with one attached hydrogen (secondary N) is 2. The first kappa shape index (κ1) is 22.5. The Kier molecular flexibility index (Phi) is 6.91. The summed E-state index contributed by atoms with van der Waals surface area (Å²) in [6.45, 7) is 4.31. The van der Waals surface area contributed by atoms with Gasteiger partial charge in [-0.3, -0.25) is 4.79 Å². The number of rotatable bonds is 7. The van der Waals surface area contributed by atoms with E-state index in [2.05, 4.69) is 26.9 Å². The second-order valence-electron chi connectivity index (χ2n) is 8.49. The van der Waals surface area contributed by atoms with Crippen LogP contribution in [0.4, 0.5) is 5.69 Å². The van der Waals surface area contributed by atoms with Crippen molar-refractivity contribution in [3.8, 4) is 16.3 Å². The Labute approximate surface area is 193 Å². The molecule has 1 amide bonds. The molecule has 1 aromatic carbocycles. The van der Waals surface area contributed by atoms with Crippen LogP contribution in [0.15, 0.2) is 35.4 Å². The standard InChI is InChI=1S/C24H31N5O2S/c1-14(2)31-21-11-10-15(12-19(21)25)23-28-29-24(32-23)18-8-4-7-17-16(18)6-5-9-20(17)27-13-22(30)26-3/h8,10-12,14,20,27H,4-7,9,13,25H2,1-3H3,(H,26,30)/t20-/m0/s1. The Balaban J connectivity index is 1.56. The lowest BCUT2D eigenvalue weighted by Crippen LogP contribution is -2.40. The molecular weight excluding hydrogens is 422 g/mol. The maximum atomic E-state index is 11.7. The zero-order valence-electron chi connectivity index (χ0n) is 18.9. The number of likely N-dealkylation sites (N-methyl/N-ethyl adjacent to an activating group) is 1. The van der Waals surface area contributed by atoms with Crippen molar-refractivity contribution < 1.29 is 9.53 Å². The third kappa shape index (κ3) is 4.86. The molecule has 2 aromatic rings. The van der Waals surface area contributed by atoms with Crippen LogP contribution in [0.3, 0.4) is 0 Å². The molecule has 0 fully saturated rings. The number of carbonyl (C=O) groups excluding carboxylic acids is 1. The minimum absolute atomic E-state index is 0.0159. The fourth-order valence-corrected chi connectivity index (χ4v) is 5.30. The van der Waals surface area contributed by atoms with Crippen LogP contribution in [-0.2, 0) is 4.79 Å². The third-order valence-corrected chi connectivity index (χ3v) is 6.88. The van der Waals surface area contributed by atoms with Gasteiger partial charge < -0.3 is 21.1 Å². The summed E-state index contributed by atoms with van der Waals surface area (Å²) in [5.74, 6) is 0.706. The van der Waals surface area contributed by atoms with E-state index < -0.39 is 0 Å². The van der Waals surface area contributed by atoms with Crippen LogP contribution >= 0.6 is 11.3 Å². The van der Waals surface area contributed by atoms with E-state index >= 15 is 0 Å². The molecule has 1 atom stereocenters. The molecule has 2 aliphatic rings. The lowest BCUT2D eigenvalue weighted by atomic mass is 9.79. The molecule has 1 aromatic heterocycles. The molecule has 4 rings (SSSR count). The summed E-state index contributed by atoms with van der Waals surface area (Å²) in [7, 11) is 1.67. The van der Waals surface area contributed by atoms with Gasteiger partial charge in [-0.25, -0.2) is 0 Å². The summed E-state index contributed by atoms with van der Waals surface area (Å²) in [4.78, 5) is 11.7. The van der Waals surface area contributed by atoms with Gasteiger partial charge in [-0.05, 0) is 75.3 Å². The molecule has 1 heterocycles. The lowest BCUT2D eigenvalue weighted by molar-refractivity contribution is -0.119. The van der Waals surface area contributed by atoms with Crippen molar-refractivity contribution in [2.45, 2.75) is 58.1 Å². The molecule has 0 radical (unpaired) electrons. The molecular formula is C24H31N5O2S. The molecule has 0 aliphatic heterocycles. The molecule has 0 unspecified atom stereocenters. The van der Waals surface area contributed by atoms with Crippen molar-refractivity contribution in [3.05, 3.63) is 40.4 Å². The van der Waals surface area contributed by atoms with Crippen molar-refractivity contribution in [1.29, 1.82) is 0 Å². The fraction of sp³-hybridized carbons (Fsp3) is 0.458. The summed E-state index contributed by atoms with van der Waals surface area (Å²) in [5, 5.41) is 16.9. The lowest BCUT2D eigenvalue weighted by Gasteiger charge is -2.32. The summed E-state index contributed by atoms with van der Waals surface area (Å²) in [6, 6.07) is 6.04. The van der Waals surface area contributed by atoms with Crippen LogP contribution in [0.1, 0.15) is 51.0 Å². The number of amides is 1. The van der Waals surface area contributed by atoms with Gasteiger partial charge in [0.2, 0.25) is 5.91 Å². The van der Waals surface area contributed by atoms with Gasteiger partial charge in [0.15, 0.2) is 0 Å². The number of allylic oxidation sites excluding steroid dienone is 3. The van der Waals surface area contributed by atoms with Crippen LogP contribution in [0, 0.1) is 0 Å². The van der Waals surface area contributed by atoms with Crippen molar-refractivity contribution in [3.63, 3.8) is 0 Å². The maximum Gasteiger partial charge on any atom is 0.233 e. The maximum absolute atomic E-state index is 11.7. The van der Waals surface area contributed by atoms with Crippen LogP contribution in [0.5, 0.6) is 5.75 Å². The molecule has 32 heavy (non-hydrogen) atoms. The monoisotopic (exact) mass is 453 g/mol. The predicted octanol–water partition coefficient (Wildman–Crippen LogP) is 3.94. The highest BCUT2D eigenvalue weighted by atomic mass is 32.1. The topological polar surface area (TPSA) is 102 Å². The van der Waals surface area contributed by atoms with E-state index in [1.54, 1.807) is 18.4 Å². The Morgan fingerprint density at radius 3 is 2.84 bits per heavy atom. The molecule has 170 valence electrons. The van der Waals surface area contributed by atoms with Crippen LogP contribution in [-0.4, -0.2) is 41.8 Å². The van der Waals surface area contributed by atoms with Gasteiger partial charge >= 0.3 is 0 Å². The Bertz CT molecular complexity index is 1060. The minimum atomic E-state index is 0.0159. The van der Waals surface area contributed by atoms with Gasteiger partial charge in [0.05, 0.1) is 18.3 Å². The Morgan fingerprint density at radius 1 is 1.28 bits per heavy atom. The van der Waals surface area contributed by atoms with E-state index in [4.69, 9.17) is 10.5 Å². The first-order valence-corrected chi connectivity index (χ1v) is 12.0. The largest absolute Gasteiger partial charge is 0.489 e. The molecule has 0 spiro atoms. The first-order valence-electron chi connectivity index (χ1n) is 11.2. The summed E-state index contributed by atoms with van der Waals surface area (Å²) >= 11 is 1.59. The number of hydrogen-bond donors (Lipinski definition) is 3. The second-order valence-corrected chi connectivity index (χ2v) is 9.47. The normalized spacial score (nSPS) is 18.4. The zero-order chi connectivity index (χ0) is 22.7. The van der Waals surface area contributed by atoms with E-state index in [1.165, 1.54) is 16.7 Å². The number of benzene rings is 1. The highest BCUT2D eigenvalue weighted by Crippen LogP contribution is 2.42. The number of nitrogens with two attached hydrogens (primary N) is 1. The Morgan fingerprint density at radius 2 is 2.09 bits per heavy atom. The zero-order valence-corrected chi connectivity index (χ0v) is 19.7. The molecule has 0 saturated carbocycles. The molecule has 8 heteroatoms. The fourth-order valence-electron chi connectivity index (χ4n) is 4.39. The van der Waals surface area contributed by atoms with Crippen LogP contribution < -0.4 is 21.1 Å². The molecule has 0 bridgehead atoms. The number of nitrogens with zero attached hydrogens (tertiary/aromatic N) is 2. The van der Waals surface area contributed by atoms with Gasteiger partial charge in [0, 0.05) is 24.2 Å². The van der Waals surface area contributed by atoms with Gasteiger partial charge in [-0.15, -0.1) is 10.2 Å². The number of nitrogen functional groups attached to an aromatic ring is 1. The third-order valence-electron chi connectivity index (χ3n) is 5.88. The smallest absolute Gasteiger partial charge is 0.233 e. The van der Waals surface area contributed by atoms with Crippen molar-refractivity contribution >= 4 is 28.5 Å². The van der Waals surface area contributed by atoms with Crippen LogP contribution in [0.25, 0.3) is 16.1 Å². The number of aromatic nitrogens is 2. The van der Waals surface area contributed by atoms with Crippen molar-refractivity contribution in [2.75, 3.05) is 19.3 Å². The highest BCUT2D eigenvalue weighted by molar-refractivity contribution is 7.15. The van der Waals surface area contributed by atoms with Gasteiger partial charge in [0.1, 0.15) is 15.8 Å². The van der Waals surface area contributed by atoms with E-state index in [9.17, 15) is 4.79 Å². The number of anilines is 1. The van der Waals surface area contributed by atoms with Crippen molar-refractivity contribution in [1.82, 2.24) is 20.8 Å².